The van der Waals surface area contributed by atoms with Gasteiger partial charge in [0.05, 0.1) is 13.2 Å². The summed E-state index contributed by atoms with van der Waals surface area (Å²) in [7, 11) is -10.7. The van der Waals surface area contributed by atoms with Gasteiger partial charge in [-0.1, -0.05) is 78.1 Å². The van der Waals surface area contributed by atoms with Crippen molar-refractivity contribution >= 4 is 7.81 Å². The van der Waals surface area contributed by atoms with Gasteiger partial charge in [0.2, 0.25) is 6.33 Å². The van der Waals surface area contributed by atoms with E-state index < -0.39 is 7.81 Å². The van der Waals surface area contributed by atoms with Crippen molar-refractivity contribution in [3.8, 4) is 0 Å². The van der Waals surface area contributed by atoms with Crippen LogP contribution in [0.5, 0.6) is 0 Å². The molecule has 0 bridgehead atoms. The summed E-state index contributed by atoms with van der Waals surface area (Å²) in [6.07, 6.45) is 21.9. The summed E-state index contributed by atoms with van der Waals surface area (Å²) < 4.78 is 74.8. The van der Waals surface area contributed by atoms with Crippen LogP contribution in [0.3, 0.4) is 0 Å². The number of unbranched alkanes of at least 4 members (excludes halogenated alkanes) is 10. The second-order valence-electron chi connectivity index (χ2n) is 8.01. The minimum atomic E-state index is -10.7. The van der Waals surface area contributed by atoms with Gasteiger partial charge >= 0.3 is 33.0 Å². The molecule has 0 atom stereocenters. The van der Waals surface area contributed by atoms with Crippen molar-refractivity contribution < 1.29 is 39.2 Å². The fraction of sp³-hybridized carbons (Fsp3) is 0.857. The molecule has 1 heterocycles. The topological polar surface area (TPSA) is 27.3 Å². The van der Waals surface area contributed by atoms with E-state index in [1.165, 1.54) is 77.0 Å². The van der Waals surface area contributed by atoms with Gasteiger partial charge in [0, 0.05) is 0 Å². The molecule has 0 aliphatic heterocycles. The van der Waals surface area contributed by atoms with Gasteiger partial charge in [-0.2, -0.15) is 0 Å². The third-order valence-corrected chi connectivity index (χ3v) is 4.51. The van der Waals surface area contributed by atoms with E-state index in [0.717, 1.165) is 13.2 Å². The molecular formula is C21H41F6N2O2P. The molecule has 0 amide bonds. The standard InChI is InChI=1S/C21H41N2O2.F6P/c1-3-5-7-9-11-13-17-24-20-22-15-16-23(19-22)21-25-18-14-12-10-8-6-4-2;1-7(2,3,4,5)6/h15-16,19H,3-14,17-18,20-21H2,1-2H3;/q+1;-1. The van der Waals surface area contributed by atoms with E-state index in [-0.39, 0.29) is 0 Å². The Bertz CT molecular complexity index is 536. The first-order valence-electron chi connectivity index (χ1n) is 11.6. The number of ether oxygens (including phenoxy) is 2. The van der Waals surface area contributed by atoms with Gasteiger partial charge in [0.1, 0.15) is 12.4 Å². The van der Waals surface area contributed by atoms with Gasteiger partial charge in [-0.3, -0.25) is 0 Å². The zero-order chi connectivity index (χ0) is 24.4. The summed E-state index contributed by atoms with van der Waals surface area (Å²) >= 11 is 0. The van der Waals surface area contributed by atoms with Crippen LogP contribution in [0.1, 0.15) is 90.9 Å². The van der Waals surface area contributed by atoms with Crippen LogP contribution in [-0.4, -0.2) is 17.8 Å². The monoisotopic (exact) mass is 498 g/mol. The van der Waals surface area contributed by atoms with Gasteiger partial charge in [-0.25, -0.2) is 9.13 Å². The number of hydrogen-bond acceptors (Lipinski definition) is 2. The number of aromatic nitrogens is 2. The Balaban J connectivity index is 0.00000118. The normalized spacial score (nSPS) is 13.9. The Morgan fingerprint density at radius 3 is 1.62 bits per heavy atom. The molecule has 0 saturated heterocycles. The van der Waals surface area contributed by atoms with E-state index in [4.69, 9.17) is 9.47 Å². The molecular weight excluding hydrogens is 457 g/mol. The molecule has 0 fully saturated rings. The second kappa shape index (κ2) is 15.1. The average Bonchev–Trinajstić information content (AvgIpc) is 3.11. The van der Waals surface area contributed by atoms with Crippen molar-refractivity contribution in [1.29, 1.82) is 0 Å². The Labute approximate surface area is 188 Å². The molecule has 0 aliphatic rings. The van der Waals surface area contributed by atoms with E-state index >= 15 is 0 Å². The van der Waals surface area contributed by atoms with Crippen molar-refractivity contribution in [1.82, 2.24) is 4.57 Å². The molecule has 0 N–H and O–H groups in total. The molecule has 0 aliphatic carbocycles. The van der Waals surface area contributed by atoms with Crippen LogP contribution in [0.15, 0.2) is 18.7 Å². The van der Waals surface area contributed by atoms with Crippen LogP contribution >= 0.6 is 7.81 Å². The molecule has 194 valence electrons. The molecule has 0 unspecified atom stereocenters. The summed E-state index contributed by atoms with van der Waals surface area (Å²) in [6, 6.07) is 0. The molecule has 0 spiro atoms. The first-order chi connectivity index (χ1) is 14.8. The molecule has 1 aromatic rings. The molecule has 4 nitrogen and oxygen atoms in total. The van der Waals surface area contributed by atoms with E-state index in [1.807, 2.05) is 0 Å². The quantitative estimate of drug-likeness (QED) is 0.0875. The first kappa shape index (κ1) is 31.1. The van der Waals surface area contributed by atoms with Gasteiger partial charge < -0.3 is 9.47 Å². The van der Waals surface area contributed by atoms with Crippen molar-refractivity contribution in [2.45, 2.75) is 104 Å². The van der Waals surface area contributed by atoms with Crippen LogP contribution in [0.25, 0.3) is 0 Å². The molecule has 32 heavy (non-hydrogen) atoms. The molecule has 1 rings (SSSR count). The number of nitrogens with zero attached hydrogens (tertiary/aromatic N) is 2. The van der Waals surface area contributed by atoms with E-state index in [9.17, 15) is 25.2 Å². The summed E-state index contributed by atoms with van der Waals surface area (Å²) in [5.41, 5.74) is 0. The zero-order valence-electron chi connectivity index (χ0n) is 19.5. The maximum atomic E-state index is 9.87. The van der Waals surface area contributed by atoms with Crippen molar-refractivity contribution in [3.63, 3.8) is 0 Å². The van der Waals surface area contributed by atoms with E-state index in [1.54, 1.807) is 0 Å². The van der Waals surface area contributed by atoms with Gasteiger partial charge in [-0.15, -0.1) is 0 Å². The SMILES string of the molecule is CCCCCCCCOCn1cc[n+](COCCCCCCCC)c1.F[P-](F)(F)(F)(F)F. The fourth-order valence-corrected chi connectivity index (χ4v) is 2.90. The number of rotatable bonds is 18. The molecule has 1 aromatic heterocycles. The minimum absolute atomic E-state index is 0.638. The van der Waals surface area contributed by atoms with Crippen LogP contribution in [0.2, 0.25) is 0 Å². The van der Waals surface area contributed by atoms with Crippen LogP contribution < -0.4 is 4.57 Å². The Morgan fingerprint density at radius 1 is 0.688 bits per heavy atom. The maximum absolute atomic E-state index is 10.7. The Kier molecular flexibility index (Phi) is 14.7. The Hall–Kier alpha value is -0.860. The van der Waals surface area contributed by atoms with Crippen molar-refractivity contribution in [2.24, 2.45) is 0 Å². The third-order valence-electron chi connectivity index (χ3n) is 4.51. The van der Waals surface area contributed by atoms with E-state index in [0.29, 0.717) is 13.5 Å². The van der Waals surface area contributed by atoms with Gasteiger partial charge in [0.15, 0.2) is 13.5 Å². The zero-order valence-corrected chi connectivity index (χ0v) is 20.4. The van der Waals surface area contributed by atoms with Crippen LogP contribution in [0, 0.1) is 0 Å². The van der Waals surface area contributed by atoms with Crippen molar-refractivity contribution in [2.75, 3.05) is 13.2 Å². The Morgan fingerprint density at radius 2 is 1.12 bits per heavy atom. The summed E-state index contributed by atoms with van der Waals surface area (Å²) in [6.45, 7) is 7.51. The summed E-state index contributed by atoms with van der Waals surface area (Å²) in [5, 5.41) is 0. The predicted octanol–water partition coefficient (Wildman–Crippen LogP) is 8.83. The molecule has 0 saturated carbocycles. The van der Waals surface area contributed by atoms with Crippen molar-refractivity contribution in [3.05, 3.63) is 18.7 Å². The third kappa shape index (κ3) is 29.1. The number of imidazole rings is 1. The predicted molar refractivity (Wildman–Crippen MR) is 117 cm³/mol. The molecule has 11 heteroatoms. The summed E-state index contributed by atoms with van der Waals surface area (Å²) in [5.74, 6) is 0. The van der Waals surface area contributed by atoms with Crippen LogP contribution in [-0.2, 0) is 22.9 Å². The fourth-order valence-electron chi connectivity index (χ4n) is 2.90. The molecule has 0 radical (unpaired) electrons. The average molecular weight is 499 g/mol. The van der Waals surface area contributed by atoms with Crippen LogP contribution in [0.4, 0.5) is 25.2 Å². The molecule has 0 aromatic carbocycles. The number of hydrogen-bond donors (Lipinski definition) is 0. The first-order valence-corrected chi connectivity index (χ1v) is 13.6. The second-order valence-corrected chi connectivity index (χ2v) is 9.93. The van der Waals surface area contributed by atoms with Gasteiger partial charge in [-0.05, 0) is 12.8 Å². The number of halogens is 6. The van der Waals surface area contributed by atoms with Gasteiger partial charge in [0.25, 0.3) is 0 Å². The summed E-state index contributed by atoms with van der Waals surface area (Å²) in [4.78, 5) is 0. The van der Waals surface area contributed by atoms with E-state index in [2.05, 4.69) is 41.7 Å².